The Labute approximate surface area is 78.4 Å². The normalized spacial score (nSPS) is 21.2. The maximum Gasteiger partial charge on any atom is 0.118 e. The highest BCUT2D eigenvalue weighted by Crippen LogP contribution is 2.32. The molecule has 0 fully saturated rings. The van der Waals surface area contributed by atoms with Crippen LogP contribution in [-0.2, 0) is 6.42 Å². The molecule has 0 aromatic heterocycles. The van der Waals surface area contributed by atoms with Gasteiger partial charge in [0.25, 0.3) is 0 Å². The molecule has 0 aliphatic heterocycles. The summed E-state index contributed by atoms with van der Waals surface area (Å²) in [6, 6.07) is 4.01. The summed E-state index contributed by atoms with van der Waals surface area (Å²) in [6.07, 6.45) is 3.30. The van der Waals surface area contributed by atoms with Gasteiger partial charge < -0.3 is 10.8 Å². The predicted octanol–water partition coefficient (Wildman–Crippen LogP) is 2.04. The van der Waals surface area contributed by atoms with Crippen LogP contribution in [0.4, 0.5) is 0 Å². The largest absolute Gasteiger partial charge is 0.508 e. The lowest BCUT2D eigenvalue weighted by Crippen LogP contribution is -2.17. The topological polar surface area (TPSA) is 46.2 Å². The van der Waals surface area contributed by atoms with Crippen LogP contribution in [0.1, 0.15) is 35.6 Å². The summed E-state index contributed by atoms with van der Waals surface area (Å²) >= 11 is 0. The van der Waals surface area contributed by atoms with Gasteiger partial charge in [-0.3, -0.25) is 0 Å². The number of aryl methyl sites for hydroxylation is 2. The smallest absolute Gasteiger partial charge is 0.118 e. The Morgan fingerprint density at radius 2 is 2.23 bits per heavy atom. The van der Waals surface area contributed by atoms with E-state index in [0.717, 1.165) is 24.0 Å². The predicted molar refractivity (Wildman–Crippen MR) is 52.7 cm³/mol. The third-order valence-electron chi connectivity index (χ3n) is 2.82. The molecule has 70 valence electrons. The highest BCUT2D eigenvalue weighted by Gasteiger charge is 2.17. The van der Waals surface area contributed by atoms with Crippen molar-refractivity contribution in [2.45, 2.75) is 32.2 Å². The van der Waals surface area contributed by atoms with E-state index >= 15 is 0 Å². The number of hydrogen-bond donors (Lipinski definition) is 2. The van der Waals surface area contributed by atoms with E-state index in [1.54, 1.807) is 0 Å². The van der Waals surface area contributed by atoms with E-state index < -0.39 is 0 Å². The van der Waals surface area contributed by atoms with Crippen LogP contribution in [0.5, 0.6) is 5.75 Å². The Morgan fingerprint density at radius 1 is 1.46 bits per heavy atom. The van der Waals surface area contributed by atoms with Gasteiger partial charge in [-0.05, 0) is 48.9 Å². The molecule has 3 N–H and O–H groups in total. The molecule has 0 spiro atoms. The molecule has 2 rings (SSSR count). The molecule has 1 aliphatic rings. The number of phenolic OH excluding ortho intramolecular Hbond substituents is 1. The third kappa shape index (κ3) is 1.42. The van der Waals surface area contributed by atoms with Gasteiger partial charge in [0, 0.05) is 6.04 Å². The van der Waals surface area contributed by atoms with Crippen LogP contribution in [0.25, 0.3) is 0 Å². The Kier molecular flexibility index (Phi) is 2.00. The first-order valence-corrected chi connectivity index (χ1v) is 4.76. The molecule has 1 aromatic carbocycles. The third-order valence-corrected chi connectivity index (χ3v) is 2.82. The molecular weight excluding hydrogens is 162 g/mol. The van der Waals surface area contributed by atoms with Crippen LogP contribution in [-0.4, -0.2) is 5.11 Å². The fraction of sp³-hybridized carbons (Fsp3) is 0.455. The van der Waals surface area contributed by atoms with Gasteiger partial charge in [0.15, 0.2) is 0 Å². The van der Waals surface area contributed by atoms with Crippen LogP contribution in [0, 0.1) is 6.92 Å². The van der Waals surface area contributed by atoms with Gasteiger partial charge in [-0.15, -0.1) is 0 Å². The summed E-state index contributed by atoms with van der Waals surface area (Å²) in [7, 11) is 0. The minimum atomic E-state index is 0.121. The summed E-state index contributed by atoms with van der Waals surface area (Å²) in [5, 5.41) is 9.54. The zero-order chi connectivity index (χ0) is 9.42. The molecule has 1 aliphatic carbocycles. The van der Waals surface area contributed by atoms with Crippen molar-refractivity contribution in [2.75, 3.05) is 0 Å². The Morgan fingerprint density at radius 3 is 3.00 bits per heavy atom. The first-order chi connectivity index (χ1) is 6.18. The zero-order valence-corrected chi connectivity index (χ0v) is 7.88. The molecule has 0 heterocycles. The molecule has 2 heteroatoms. The standard InChI is InChI=1S/C11H15NO/c1-7-5-8-3-2-4-10(12)9(8)6-11(7)13/h5-6,10,13H,2-4,12H2,1H3. The maximum absolute atomic E-state index is 9.54. The molecular formula is C11H15NO. The average Bonchev–Trinajstić information content (AvgIpc) is 2.09. The highest BCUT2D eigenvalue weighted by molar-refractivity contribution is 5.43. The number of nitrogens with two attached hydrogens (primary N) is 1. The molecule has 1 atom stereocenters. The van der Waals surface area contributed by atoms with Crippen molar-refractivity contribution in [2.24, 2.45) is 5.73 Å². The van der Waals surface area contributed by atoms with E-state index in [1.165, 1.54) is 12.0 Å². The molecule has 0 saturated carbocycles. The summed E-state index contributed by atoms with van der Waals surface area (Å²) in [5.41, 5.74) is 9.35. The minimum Gasteiger partial charge on any atom is -0.508 e. The molecule has 13 heavy (non-hydrogen) atoms. The first kappa shape index (κ1) is 8.57. The lowest BCUT2D eigenvalue weighted by molar-refractivity contribution is 0.466. The Balaban J connectivity index is 2.52. The number of aromatic hydroxyl groups is 1. The molecule has 0 bridgehead atoms. The van der Waals surface area contributed by atoms with Crippen molar-refractivity contribution in [1.29, 1.82) is 0 Å². The van der Waals surface area contributed by atoms with E-state index in [9.17, 15) is 5.11 Å². The Hall–Kier alpha value is -1.02. The molecule has 1 aromatic rings. The lowest BCUT2D eigenvalue weighted by Gasteiger charge is -2.22. The van der Waals surface area contributed by atoms with Gasteiger partial charge in [0.1, 0.15) is 5.75 Å². The van der Waals surface area contributed by atoms with Crippen molar-refractivity contribution >= 4 is 0 Å². The van der Waals surface area contributed by atoms with Crippen LogP contribution in [0.3, 0.4) is 0 Å². The van der Waals surface area contributed by atoms with E-state index in [0.29, 0.717) is 5.75 Å². The van der Waals surface area contributed by atoms with Gasteiger partial charge in [0.05, 0.1) is 0 Å². The van der Waals surface area contributed by atoms with Gasteiger partial charge in [0.2, 0.25) is 0 Å². The summed E-state index contributed by atoms with van der Waals surface area (Å²) in [4.78, 5) is 0. The molecule has 2 nitrogen and oxygen atoms in total. The number of hydrogen-bond acceptors (Lipinski definition) is 2. The number of benzene rings is 1. The van der Waals surface area contributed by atoms with Crippen molar-refractivity contribution in [3.8, 4) is 5.75 Å². The zero-order valence-electron chi connectivity index (χ0n) is 7.88. The second-order valence-corrected chi connectivity index (χ2v) is 3.84. The lowest BCUT2D eigenvalue weighted by atomic mass is 9.87. The second-order valence-electron chi connectivity index (χ2n) is 3.84. The number of fused-ring (bicyclic) bond motifs is 1. The van der Waals surface area contributed by atoms with E-state index in [-0.39, 0.29) is 6.04 Å². The fourth-order valence-corrected chi connectivity index (χ4v) is 2.00. The molecule has 0 saturated heterocycles. The van der Waals surface area contributed by atoms with E-state index in [1.807, 2.05) is 13.0 Å². The monoisotopic (exact) mass is 177 g/mol. The molecule has 0 radical (unpaired) electrons. The second kappa shape index (κ2) is 3.04. The van der Waals surface area contributed by atoms with E-state index in [4.69, 9.17) is 5.73 Å². The van der Waals surface area contributed by atoms with Gasteiger partial charge in [-0.2, -0.15) is 0 Å². The number of rotatable bonds is 0. The summed E-state index contributed by atoms with van der Waals surface area (Å²) in [6.45, 7) is 1.93. The SMILES string of the molecule is Cc1cc2c(cc1O)C(N)CCC2. The fourth-order valence-electron chi connectivity index (χ4n) is 2.00. The van der Waals surface area contributed by atoms with Crippen molar-refractivity contribution in [3.63, 3.8) is 0 Å². The van der Waals surface area contributed by atoms with Gasteiger partial charge in [-0.25, -0.2) is 0 Å². The van der Waals surface area contributed by atoms with Crippen LogP contribution >= 0.6 is 0 Å². The first-order valence-electron chi connectivity index (χ1n) is 4.76. The average molecular weight is 177 g/mol. The minimum absolute atomic E-state index is 0.121. The molecule has 1 unspecified atom stereocenters. The van der Waals surface area contributed by atoms with Crippen molar-refractivity contribution < 1.29 is 5.11 Å². The number of phenols is 1. The van der Waals surface area contributed by atoms with Crippen molar-refractivity contribution in [3.05, 3.63) is 28.8 Å². The maximum atomic E-state index is 9.54. The molecule has 0 amide bonds. The summed E-state index contributed by atoms with van der Waals surface area (Å²) < 4.78 is 0. The summed E-state index contributed by atoms with van der Waals surface area (Å²) in [5.74, 6) is 0.371. The van der Waals surface area contributed by atoms with Crippen LogP contribution in [0.2, 0.25) is 0 Å². The van der Waals surface area contributed by atoms with E-state index in [2.05, 4.69) is 6.07 Å². The highest BCUT2D eigenvalue weighted by atomic mass is 16.3. The van der Waals surface area contributed by atoms with Gasteiger partial charge >= 0.3 is 0 Å². The van der Waals surface area contributed by atoms with Crippen LogP contribution in [0.15, 0.2) is 12.1 Å². The van der Waals surface area contributed by atoms with Crippen molar-refractivity contribution in [1.82, 2.24) is 0 Å². The van der Waals surface area contributed by atoms with Crippen LogP contribution < -0.4 is 5.73 Å². The quantitative estimate of drug-likeness (QED) is 0.637. The van der Waals surface area contributed by atoms with Gasteiger partial charge in [-0.1, -0.05) is 6.07 Å². The Bertz CT molecular complexity index is 333.